The third kappa shape index (κ3) is 3.63. The number of anilines is 1. The lowest BCUT2D eigenvalue weighted by Crippen LogP contribution is -2.31. The second-order valence-corrected chi connectivity index (χ2v) is 5.11. The third-order valence-corrected chi connectivity index (χ3v) is 3.62. The molecule has 1 amide bonds. The van der Waals surface area contributed by atoms with Crippen molar-refractivity contribution < 1.29 is 14.1 Å². The second kappa shape index (κ2) is 7.37. The predicted octanol–water partition coefficient (Wildman–Crippen LogP) is 1.42. The number of carbonyl (C=O) groups is 1. The first kappa shape index (κ1) is 18.1. The van der Waals surface area contributed by atoms with Gasteiger partial charge >= 0.3 is 0 Å². The van der Waals surface area contributed by atoms with E-state index in [9.17, 15) is 19.3 Å². The Morgan fingerprint density at radius 1 is 1.59 bits per heavy atom. The number of likely N-dealkylation sites (tertiary alicyclic amines) is 1. The number of halogens is 2. The lowest BCUT2D eigenvalue weighted by molar-refractivity contribution is -0.384. The van der Waals surface area contributed by atoms with Crippen molar-refractivity contribution in [2.45, 2.75) is 6.42 Å². The summed E-state index contributed by atoms with van der Waals surface area (Å²) in [5.74, 6) is -0.984. The maximum absolute atomic E-state index is 13.5. The lowest BCUT2D eigenvalue weighted by atomic mass is 10.1. The number of nitrogens with zero attached hydrogens (tertiary/aromatic N) is 2. The molecular formula is C13H18ClFN4O3. The summed E-state index contributed by atoms with van der Waals surface area (Å²) < 4.78 is 13.5. The number of amides is 1. The number of hydrogen-bond donors (Lipinski definition) is 2. The Balaban J connectivity index is 0.00000242. The largest absolute Gasteiger partial charge is 0.393 e. The molecule has 1 saturated heterocycles. The van der Waals surface area contributed by atoms with E-state index in [1.165, 1.54) is 0 Å². The smallest absolute Gasteiger partial charge is 0.295 e. The van der Waals surface area contributed by atoms with Gasteiger partial charge in [0.1, 0.15) is 11.5 Å². The van der Waals surface area contributed by atoms with Crippen molar-refractivity contribution >= 4 is 29.7 Å². The van der Waals surface area contributed by atoms with Gasteiger partial charge in [0.25, 0.3) is 11.6 Å². The third-order valence-electron chi connectivity index (χ3n) is 3.62. The highest BCUT2D eigenvalue weighted by Crippen LogP contribution is 2.29. The summed E-state index contributed by atoms with van der Waals surface area (Å²) in [6.45, 7) is 1.85. The molecule has 1 aromatic carbocycles. The minimum Gasteiger partial charge on any atom is -0.393 e. The van der Waals surface area contributed by atoms with Crippen LogP contribution in [0.15, 0.2) is 12.1 Å². The van der Waals surface area contributed by atoms with Gasteiger partial charge in [0.05, 0.1) is 16.6 Å². The number of hydrogen-bond acceptors (Lipinski definition) is 5. The molecular weight excluding hydrogens is 315 g/mol. The Hall–Kier alpha value is -1.93. The predicted molar refractivity (Wildman–Crippen MR) is 82.7 cm³/mol. The van der Waals surface area contributed by atoms with Crippen LogP contribution in [0, 0.1) is 21.8 Å². The van der Waals surface area contributed by atoms with Crippen LogP contribution in [0.4, 0.5) is 15.8 Å². The van der Waals surface area contributed by atoms with E-state index >= 15 is 0 Å². The molecule has 1 unspecified atom stereocenters. The zero-order valence-corrected chi connectivity index (χ0v) is 12.9. The number of benzene rings is 1. The molecule has 3 N–H and O–H groups in total. The summed E-state index contributed by atoms with van der Waals surface area (Å²) in [6, 6.07) is 1.68. The topological polar surface area (TPSA) is 102 Å². The molecule has 0 saturated carbocycles. The first-order chi connectivity index (χ1) is 9.93. The van der Waals surface area contributed by atoms with Gasteiger partial charge in [-0.1, -0.05) is 0 Å². The van der Waals surface area contributed by atoms with Crippen molar-refractivity contribution in [1.29, 1.82) is 0 Å². The number of nitrogen functional groups attached to an aromatic ring is 1. The molecule has 0 bridgehead atoms. The van der Waals surface area contributed by atoms with Crippen LogP contribution < -0.4 is 11.1 Å². The maximum Gasteiger partial charge on any atom is 0.295 e. The van der Waals surface area contributed by atoms with Gasteiger partial charge in [-0.05, 0) is 32.0 Å². The monoisotopic (exact) mass is 332 g/mol. The van der Waals surface area contributed by atoms with E-state index in [0.717, 1.165) is 25.1 Å². The van der Waals surface area contributed by atoms with Gasteiger partial charge in [0.2, 0.25) is 0 Å². The van der Waals surface area contributed by atoms with Gasteiger partial charge in [0, 0.05) is 13.1 Å². The van der Waals surface area contributed by atoms with Crippen molar-refractivity contribution in [3.05, 3.63) is 33.6 Å². The Labute approximate surface area is 133 Å². The van der Waals surface area contributed by atoms with Crippen molar-refractivity contribution in [1.82, 2.24) is 10.2 Å². The molecule has 0 spiro atoms. The zero-order valence-electron chi connectivity index (χ0n) is 12.0. The number of carbonyl (C=O) groups excluding carboxylic acids is 1. The van der Waals surface area contributed by atoms with Crippen LogP contribution in [-0.4, -0.2) is 42.4 Å². The van der Waals surface area contributed by atoms with E-state index in [-0.39, 0.29) is 23.7 Å². The molecule has 122 valence electrons. The van der Waals surface area contributed by atoms with E-state index in [0.29, 0.717) is 19.0 Å². The number of rotatable bonds is 4. The van der Waals surface area contributed by atoms with E-state index in [4.69, 9.17) is 5.73 Å². The Morgan fingerprint density at radius 2 is 2.27 bits per heavy atom. The Kier molecular flexibility index (Phi) is 6.07. The second-order valence-electron chi connectivity index (χ2n) is 5.11. The molecule has 1 atom stereocenters. The summed E-state index contributed by atoms with van der Waals surface area (Å²) in [6.07, 6.45) is 0.837. The highest BCUT2D eigenvalue weighted by atomic mass is 35.5. The highest BCUT2D eigenvalue weighted by molar-refractivity contribution is 6.01. The fourth-order valence-electron chi connectivity index (χ4n) is 2.57. The summed E-state index contributed by atoms with van der Waals surface area (Å²) >= 11 is 0. The molecule has 1 aliphatic rings. The highest BCUT2D eigenvalue weighted by Gasteiger charge is 2.30. The van der Waals surface area contributed by atoms with Crippen LogP contribution in [0.5, 0.6) is 0 Å². The SMILES string of the molecule is CNCC1CCN(C(=O)c2cc(F)cc([N+](=O)[O-])c2N)C1.Cl. The number of nitrogens with one attached hydrogen (secondary N) is 1. The van der Waals surface area contributed by atoms with Gasteiger partial charge in [-0.3, -0.25) is 14.9 Å². The van der Waals surface area contributed by atoms with Crippen LogP contribution >= 0.6 is 12.4 Å². The molecule has 22 heavy (non-hydrogen) atoms. The average molecular weight is 333 g/mol. The Bertz CT molecular complexity index is 585. The van der Waals surface area contributed by atoms with Crippen LogP contribution in [0.1, 0.15) is 16.8 Å². The molecule has 1 fully saturated rings. The first-order valence-corrected chi connectivity index (χ1v) is 6.61. The minimum absolute atomic E-state index is 0. The van der Waals surface area contributed by atoms with E-state index < -0.39 is 22.3 Å². The van der Waals surface area contributed by atoms with Crippen LogP contribution in [0.2, 0.25) is 0 Å². The number of nitro benzene ring substituents is 1. The van der Waals surface area contributed by atoms with Gasteiger partial charge in [0.15, 0.2) is 0 Å². The van der Waals surface area contributed by atoms with Crippen LogP contribution in [-0.2, 0) is 0 Å². The minimum atomic E-state index is -0.842. The average Bonchev–Trinajstić information content (AvgIpc) is 2.89. The summed E-state index contributed by atoms with van der Waals surface area (Å²) in [7, 11) is 1.83. The van der Waals surface area contributed by atoms with Crippen molar-refractivity contribution in [3.8, 4) is 0 Å². The standard InChI is InChI=1S/C13H17FN4O3.ClH/c1-16-6-8-2-3-17(7-8)13(19)10-4-9(14)5-11(12(10)15)18(20)21;/h4-5,8,16H,2-3,6-7,15H2,1H3;1H. The molecule has 0 aliphatic carbocycles. The molecule has 7 nitrogen and oxygen atoms in total. The Morgan fingerprint density at radius 3 is 2.86 bits per heavy atom. The lowest BCUT2D eigenvalue weighted by Gasteiger charge is -2.17. The van der Waals surface area contributed by atoms with E-state index in [1.807, 2.05) is 7.05 Å². The van der Waals surface area contributed by atoms with Crippen molar-refractivity contribution in [3.63, 3.8) is 0 Å². The first-order valence-electron chi connectivity index (χ1n) is 6.61. The van der Waals surface area contributed by atoms with Gasteiger partial charge in [-0.25, -0.2) is 4.39 Å². The van der Waals surface area contributed by atoms with Crippen LogP contribution in [0.3, 0.4) is 0 Å². The van der Waals surface area contributed by atoms with Gasteiger partial charge in [-0.15, -0.1) is 12.4 Å². The number of nitro groups is 1. The quantitative estimate of drug-likeness (QED) is 0.493. The summed E-state index contributed by atoms with van der Waals surface area (Å²) in [5.41, 5.74) is 4.63. The summed E-state index contributed by atoms with van der Waals surface area (Å²) in [5, 5.41) is 13.9. The molecule has 0 aromatic heterocycles. The molecule has 0 radical (unpaired) electrons. The molecule has 1 aromatic rings. The van der Waals surface area contributed by atoms with Gasteiger partial charge < -0.3 is 16.0 Å². The number of nitrogens with two attached hydrogens (primary N) is 1. The van der Waals surface area contributed by atoms with Crippen molar-refractivity contribution in [2.24, 2.45) is 5.92 Å². The molecule has 2 rings (SSSR count). The van der Waals surface area contributed by atoms with E-state index in [1.54, 1.807) is 4.90 Å². The molecule has 1 aliphatic heterocycles. The fraction of sp³-hybridized carbons (Fsp3) is 0.462. The fourth-order valence-corrected chi connectivity index (χ4v) is 2.57. The van der Waals surface area contributed by atoms with Gasteiger partial charge in [-0.2, -0.15) is 0 Å². The van der Waals surface area contributed by atoms with Crippen LogP contribution in [0.25, 0.3) is 0 Å². The van der Waals surface area contributed by atoms with E-state index in [2.05, 4.69) is 5.32 Å². The molecule has 1 heterocycles. The normalized spacial score (nSPS) is 17.2. The maximum atomic E-state index is 13.5. The molecule has 9 heteroatoms. The summed E-state index contributed by atoms with van der Waals surface area (Å²) in [4.78, 5) is 24.0. The zero-order chi connectivity index (χ0) is 15.6. The van der Waals surface area contributed by atoms with Crippen molar-refractivity contribution in [2.75, 3.05) is 32.4 Å².